The Morgan fingerprint density at radius 3 is 2.50 bits per heavy atom. The summed E-state index contributed by atoms with van der Waals surface area (Å²) in [6, 6.07) is 4.12. The number of aryl methyl sites for hydroxylation is 1. The molecule has 1 aromatic carbocycles. The van der Waals surface area contributed by atoms with E-state index in [1.165, 1.54) is 19.2 Å². The lowest BCUT2D eigenvalue weighted by molar-refractivity contribution is -0.144. The van der Waals surface area contributed by atoms with E-state index in [2.05, 4.69) is 4.74 Å². The quantitative estimate of drug-likeness (QED) is 0.532. The topological polar surface area (TPSA) is 83.8 Å². The van der Waals surface area contributed by atoms with Gasteiger partial charge in [-0.15, -0.1) is 0 Å². The van der Waals surface area contributed by atoms with Gasteiger partial charge in [0.15, 0.2) is 0 Å². The molecule has 0 aromatic heterocycles. The van der Waals surface area contributed by atoms with E-state index >= 15 is 0 Å². The Morgan fingerprint density at radius 2 is 1.96 bits per heavy atom. The molecule has 134 valence electrons. The average molecular weight is 340 g/mol. The maximum atomic E-state index is 13.2. The van der Waals surface area contributed by atoms with Crippen LogP contribution in [0.2, 0.25) is 0 Å². The van der Waals surface area contributed by atoms with Gasteiger partial charge in [-0.25, -0.2) is 4.39 Å². The van der Waals surface area contributed by atoms with Crippen molar-refractivity contribution >= 4 is 11.8 Å². The smallest absolute Gasteiger partial charge is 0.313 e. The van der Waals surface area contributed by atoms with Gasteiger partial charge < -0.3 is 14.9 Å². The summed E-state index contributed by atoms with van der Waals surface area (Å²) in [6.45, 7) is 3.29. The van der Waals surface area contributed by atoms with E-state index in [1.807, 2.05) is 0 Å². The zero-order chi connectivity index (χ0) is 18.3. The molecule has 0 aliphatic rings. The van der Waals surface area contributed by atoms with Crippen LogP contribution in [-0.2, 0) is 27.4 Å². The van der Waals surface area contributed by atoms with Crippen LogP contribution in [-0.4, -0.2) is 34.7 Å². The number of halogens is 1. The fraction of sp³-hybridized carbons (Fsp3) is 0.556. The number of hydrogen-bond donors (Lipinski definition) is 2. The molecule has 0 aliphatic heterocycles. The van der Waals surface area contributed by atoms with Crippen LogP contribution in [0.25, 0.3) is 0 Å². The molecular weight excluding hydrogens is 315 g/mol. The second-order valence-corrected chi connectivity index (χ2v) is 6.30. The molecule has 5 nitrogen and oxygen atoms in total. The second kappa shape index (κ2) is 8.89. The molecule has 1 aromatic rings. The van der Waals surface area contributed by atoms with Crippen molar-refractivity contribution in [3.63, 3.8) is 0 Å². The van der Waals surface area contributed by atoms with Crippen LogP contribution in [0, 0.1) is 11.7 Å². The Balaban J connectivity index is 2.82. The SMILES string of the molecule is COC(=O)CC(=O)CC(O)(CCc1ccc(F)cc1CO)C(C)C. The molecule has 0 heterocycles. The van der Waals surface area contributed by atoms with E-state index < -0.39 is 17.4 Å². The summed E-state index contributed by atoms with van der Waals surface area (Å²) in [5.74, 6) is -1.67. The summed E-state index contributed by atoms with van der Waals surface area (Å²) in [5, 5.41) is 20.1. The highest BCUT2D eigenvalue weighted by Crippen LogP contribution is 2.29. The summed E-state index contributed by atoms with van der Waals surface area (Å²) in [7, 11) is 1.20. The molecule has 0 saturated carbocycles. The number of carbonyl (C=O) groups is 2. The molecule has 1 rings (SSSR count). The van der Waals surface area contributed by atoms with Crippen molar-refractivity contribution in [3.05, 3.63) is 35.1 Å². The Labute approximate surface area is 141 Å². The fourth-order valence-corrected chi connectivity index (χ4v) is 2.55. The van der Waals surface area contributed by atoms with Crippen molar-refractivity contribution in [2.24, 2.45) is 5.92 Å². The first kappa shape index (κ1) is 20.3. The number of benzene rings is 1. The van der Waals surface area contributed by atoms with Crippen molar-refractivity contribution in [2.75, 3.05) is 7.11 Å². The molecule has 0 bridgehead atoms. The predicted molar refractivity (Wildman–Crippen MR) is 86.7 cm³/mol. The number of carbonyl (C=O) groups excluding carboxylic acids is 2. The minimum atomic E-state index is -1.29. The number of rotatable bonds is 9. The van der Waals surface area contributed by atoms with Gasteiger partial charge in [-0.1, -0.05) is 19.9 Å². The van der Waals surface area contributed by atoms with Crippen molar-refractivity contribution in [2.45, 2.75) is 51.7 Å². The van der Waals surface area contributed by atoms with Gasteiger partial charge in [0.1, 0.15) is 18.0 Å². The Hall–Kier alpha value is -1.79. The minimum absolute atomic E-state index is 0.157. The van der Waals surface area contributed by atoms with Crippen molar-refractivity contribution in [1.82, 2.24) is 0 Å². The van der Waals surface area contributed by atoms with Gasteiger partial charge in [0.25, 0.3) is 0 Å². The third-order valence-electron chi connectivity index (χ3n) is 4.31. The lowest BCUT2D eigenvalue weighted by atomic mass is 9.80. The second-order valence-electron chi connectivity index (χ2n) is 6.30. The zero-order valence-electron chi connectivity index (χ0n) is 14.3. The molecule has 0 fully saturated rings. The molecule has 0 spiro atoms. The van der Waals surface area contributed by atoms with E-state index in [-0.39, 0.29) is 37.6 Å². The fourth-order valence-electron chi connectivity index (χ4n) is 2.55. The molecule has 0 aliphatic carbocycles. The first-order chi connectivity index (χ1) is 11.2. The Kier molecular flexibility index (Phi) is 7.51. The zero-order valence-corrected chi connectivity index (χ0v) is 14.3. The van der Waals surface area contributed by atoms with Crippen molar-refractivity contribution in [3.8, 4) is 0 Å². The summed E-state index contributed by atoms with van der Waals surface area (Å²) in [4.78, 5) is 23.1. The van der Waals surface area contributed by atoms with Crippen LogP contribution >= 0.6 is 0 Å². The Morgan fingerprint density at radius 1 is 1.29 bits per heavy atom. The molecule has 0 amide bonds. The standard InChI is InChI=1S/C18H25FO5/c1-12(2)18(23,10-16(21)9-17(22)24-3)7-6-13-4-5-15(19)8-14(13)11-20/h4-5,8,12,20,23H,6-7,9-11H2,1-3H3. The molecule has 6 heteroatoms. The molecule has 0 radical (unpaired) electrons. The average Bonchev–Trinajstić information content (AvgIpc) is 2.52. The summed E-state index contributed by atoms with van der Waals surface area (Å²) in [6.07, 6.45) is 0.117. The number of Topliss-reactive ketones (excluding diaryl/α,β-unsaturated/α-hetero) is 1. The third kappa shape index (κ3) is 5.69. The lowest BCUT2D eigenvalue weighted by Gasteiger charge is -2.32. The normalized spacial score (nSPS) is 13.6. The van der Waals surface area contributed by atoms with E-state index in [9.17, 15) is 24.2 Å². The van der Waals surface area contributed by atoms with Crippen LogP contribution in [0.1, 0.15) is 44.2 Å². The maximum Gasteiger partial charge on any atom is 0.313 e. The Bertz CT molecular complexity index is 585. The highest BCUT2D eigenvalue weighted by Gasteiger charge is 2.34. The lowest BCUT2D eigenvalue weighted by Crippen LogP contribution is -2.38. The van der Waals surface area contributed by atoms with Crippen LogP contribution in [0.3, 0.4) is 0 Å². The first-order valence-electron chi connectivity index (χ1n) is 7.91. The van der Waals surface area contributed by atoms with Gasteiger partial charge in [-0.2, -0.15) is 0 Å². The van der Waals surface area contributed by atoms with Gasteiger partial charge in [-0.3, -0.25) is 9.59 Å². The molecule has 1 unspecified atom stereocenters. The van der Waals surface area contributed by atoms with E-state index in [1.54, 1.807) is 19.9 Å². The van der Waals surface area contributed by atoms with Crippen molar-refractivity contribution in [1.29, 1.82) is 0 Å². The number of ether oxygens (including phenoxy) is 1. The minimum Gasteiger partial charge on any atom is -0.469 e. The van der Waals surface area contributed by atoms with Crippen LogP contribution < -0.4 is 0 Å². The van der Waals surface area contributed by atoms with Gasteiger partial charge in [0, 0.05) is 6.42 Å². The van der Waals surface area contributed by atoms with Crippen LogP contribution in [0.4, 0.5) is 4.39 Å². The summed E-state index contributed by atoms with van der Waals surface area (Å²) < 4.78 is 17.7. The summed E-state index contributed by atoms with van der Waals surface area (Å²) >= 11 is 0. The van der Waals surface area contributed by atoms with Crippen LogP contribution in [0.5, 0.6) is 0 Å². The number of aliphatic hydroxyl groups is 2. The van der Waals surface area contributed by atoms with Gasteiger partial charge in [-0.05, 0) is 42.0 Å². The number of esters is 1. The largest absolute Gasteiger partial charge is 0.469 e. The van der Waals surface area contributed by atoms with E-state index in [0.717, 1.165) is 5.56 Å². The highest BCUT2D eigenvalue weighted by molar-refractivity contribution is 5.95. The maximum absolute atomic E-state index is 13.2. The summed E-state index contributed by atoms with van der Waals surface area (Å²) in [5.41, 5.74) is -0.105. The number of aliphatic hydroxyl groups excluding tert-OH is 1. The van der Waals surface area contributed by atoms with Crippen molar-refractivity contribution < 1.29 is 28.9 Å². The molecule has 0 saturated heterocycles. The molecule has 1 atom stereocenters. The molecule has 24 heavy (non-hydrogen) atoms. The number of hydrogen-bond acceptors (Lipinski definition) is 5. The van der Waals surface area contributed by atoms with Gasteiger partial charge in [0.05, 0.1) is 19.3 Å². The molecular formula is C18H25FO5. The monoisotopic (exact) mass is 340 g/mol. The number of methoxy groups -OCH3 is 1. The predicted octanol–water partition coefficient (Wildman–Crippen LogP) is 2.16. The molecule has 2 N–H and O–H groups in total. The van der Waals surface area contributed by atoms with E-state index in [0.29, 0.717) is 12.0 Å². The van der Waals surface area contributed by atoms with Gasteiger partial charge in [0.2, 0.25) is 0 Å². The highest BCUT2D eigenvalue weighted by atomic mass is 19.1. The van der Waals surface area contributed by atoms with E-state index in [4.69, 9.17) is 0 Å². The third-order valence-corrected chi connectivity index (χ3v) is 4.31. The first-order valence-corrected chi connectivity index (χ1v) is 7.91. The van der Waals surface area contributed by atoms with Gasteiger partial charge >= 0.3 is 5.97 Å². The number of ketones is 1. The van der Waals surface area contributed by atoms with Crippen LogP contribution in [0.15, 0.2) is 18.2 Å².